The Hall–Kier alpha value is -1.78. The van der Waals surface area contributed by atoms with Crippen LogP contribution in [-0.4, -0.2) is 21.7 Å². The third-order valence-corrected chi connectivity index (χ3v) is 3.05. The lowest BCUT2D eigenvalue weighted by atomic mass is 9.86. The molecule has 1 aliphatic rings. The molecule has 0 saturated heterocycles. The lowest BCUT2D eigenvalue weighted by Gasteiger charge is -2.25. The summed E-state index contributed by atoms with van der Waals surface area (Å²) in [6, 6.07) is 0. The molecule has 5 heteroatoms. The van der Waals surface area contributed by atoms with Crippen molar-refractivity contribution in [2.24, 2.45) is 11.8 Å². The molecule has 0 fully saturated rings. The summed E-state index contributed by atoms with van der Waals surface area (Å²) in [6.45, 7) is 7.65. The van der Waals surface area contributed by atoms with Gasteiger partial charge in [-0.1, -0.05) is 27.7 Å². The first-order valence-corrected chi connectivity index (χ1v) is 6.13. The molecule has 2 rings (SSSR count). The van der Waals surface area contributed by atoms with Gasteiger partial charge in [-0.05, 0) is 5.92 Å². The molecule has 96 valence electrons. The fourth-order valence-electron chi connectivity index (χ4n) is 2.04. The van der Waals surface area contributed by atoms with Crippen molar-refractivity contribution < 1.29 is 9.59 Å². The lowest BCUT2D eigenvalue weighted by molar-refractivity contribution is -0.119. The zero-order chi connectivity index (χ0) is 13.4. The van der Waals surface area contributed by atoms with Crippen LogP contribution in [-0.2, 0) is 4.79 Å². The molecule has 0 bridgehead atoms. The molecule has 2 heterocycles. The molecule has 0 aromatic carbocycles. The van der Waals surface area contributed by atoms with E-state index in [1.807, 2.05) is 27.7 Å². The van der Waals surface area contributed by atoms with E-state index in [2.05, 4.69) is 15.3 Å². The number of hydrogen-bond donors (Lipinski definition) is 1. The summed E-state index contributed by atoms with van der Waals surface area (Å²) >= 11 is 0. The minimum atomic E-state index is -0.646. The molecular formula is C13H17N3O2. The van der Waals surface area contributed by atoms with Crippen molar-refractivity contribution in [2.45, 2.75) is 33.6 Å². The van der Waals surface area contributed by atoms with Gasteiger partial charge in [-0.3, -0.25) is 9.59 Å². The normalized spacial score (nSPS) is 19.1. The Morgan fingerprint density at radius 1 is 1.22 bits per heavy atom. The molecule has 5 nitrogen and oxygen atoms in total. The van der Waals surface area contributed by atoms with Crippen LogP contribution < -0.4 is 5.32 Å². The zero-order valence-corrected chi connectivity index (χ0v) is 11.0. The molecular weight excluding hydrogens is 230 g/mol. The SMILES string of the molecule is CC(C)c1ncc2c(n1)C(=O)C(C(C)C)C(=O)N2. The summed E-state index contributed by atoms with van der Waals surface area (Å²) < 4.78 is 0. The number of amides is 1. The topological polar surface area (TPSA) is 72.0 Å². The van der Waals surface area contributed by atoms with Crippen LogP contribution in [0.15, 0.2) is 6.20 Å². The molecule has 1 N–H and O–H groups in total. The van der Waals surface area contributed by atoms with Crippen molar-refractivity contribution in [1.82, 2.24) is 9.97 Å². The van der Waals surface area contributed by atoms with Crippen molar-refractivity contribution in [1.29, 1.82) is 0 Å². The summed E-state index contributed by atoms with van der Waals surface area (Å²) in [6.07, 6.45) is 1.52. The van der Waals surface area contributed by atoms with E-state index in [0.29, 0.717) is 17.2 Å². The summed E-state index contributed by atoms with van der Waals surface area (Å²) in [5.41, 5.74) is 0.762. The number of rotatable bonds is 2. The van der Waals surface area contributed by atoms with E-state index in [1.165, 1.54) is 6.20 Å². The highest BCUT2D eigenvalue weighted by Gasteiger charge is 2.37. The van der Waals surface area contributed by atoms with E-state index in [0.717, 1.165) is 0 Å². The molecule has 1 unspecified atom stereocenters. The fraction of sp³-hybridized carbons (Fsp3) is 0.538. The summed E-state index contributed by atoms with van der Waals surface area (Å²) in [4.78, 5) is 32.6. The van der Waals surface area contributed by atoms with Crippen LogP contribution in [0.1, 0.15) is 49.9 Å². The van der Waals surface area contributed by atoms with Gasteiger partial charge in [0.2, 0.25) is 5.91 Å². The van der Waals surface area contributed by atoms with Gasteiger partial charge < -0.3 is 5.32 Å². The largest absolute Gasteiger partial charge is 0.322 e. The van der Waals surface area contributed by atoms with E-state index in [4.69, 9.17) is 0 Å². The Balaban J connectivity index is 2.48. The highest BCUT2D eigenvalue weighted by Crippen LogP contribution is 2.28. The summed E-state index contributed by atoms with van der Waals surface area (Å²) in [7, 11) is 0. The molecule has 1 aromatic heterocycles. The molecule has 0 spiro atoms. The summed E-state index contributed by atoms with van der Waals surface area (Å²) in [5.74, 6) is -0.369. The van der Waals surface area contributed by atoms with Gasteiger partial charge in [-0.15, -0.1) is 0 Å². The number of nitrogens with one attached hydrogen (secondary N) is 1. The van der Waals surface area contributed by atoms with Crippen molar-refractivity contribution in [3.63, 3.8) is 0 Å². The van der Waals surface area contributed by atoms with Gasteiger partial charge >= 0.3 is 0 Å². The number of ketones is 1. The smallest absolute Gasteiger partial charge is 0.235 e. The van der Waals surface area contributed by atoms with Crippen LogP contribution in [0, 0.1) is 11.8 Å². The van der Waals surface area contributed by atoms with Crippen LogP contribution in [0.2, 0.25) is 0 Å². The standard InChI is InChI=1S/C13H17N3O2/c1-6(2)9-11(17)10-8(15-13(9)18)5-14-12(16-10)7(3)4/h5-7,9H,1-4H3,(H,15,18). The third-order valence-electron chi connectivity index (χ3n) is 3.05. The second-order valence-electron chi connectivity index (χ2n) is 5.22. The molecule has 1 amide bonds. The Morgan fingerprint density at radius 3 is 2.44 bits per heavy atom. The van der Waals surface area contributed by atoms with Crippen LogP contribution in [0.3, 0.4) is 0 Å². The van der Waals surface area contributed by atoms with Crippen LogP contribution in [0.25, 0.3) is 0 Å². The maximum atomic E-state index is 12.3. The van der Waals surface area contributed by atoms with Crippen LogP contribution >= 0.6 is 0 Å². The number of anilines is 1. The van der Waals surface area contributed by atoms with Crippen molar-refractivity contribution in [3.8, 4) is 0 Å². The van der Waals surface area contributed by atoms with E-state index in [9.17, 15) is 9.59 Å². The van der Waals surface area contributed by atoms with Crippen molar-refractivity contribution in [2.75, 3.05) is 5.32 Å². The Kier molecular flexibility index (Phi) is 3.15. The number of carbonyl (C=O) groups is 2. The van der Waals surface area contributed by atoms with Gasteiger partial charge in [-0.2, -0.15) is 0 Å². The number of fused-ring (bicyclic) bond motifs is 1. The van der Waals surface area contributed by atoms with Crippen LogP contribution in [0.5, 0.6) is 0 Å². The molecule has 18 heavy (non-hydrogen) atoms. The molecule has 1 atom stereocenters. The first-order valence-electron chi connectivity index (χ1n) is 6.13. The highest BCUT2D eigenvalue weighted by atomic mass is 16.2. The molecule has 1 aromatic rings. The van der Waals surface area contributed by atoms with Gasteiger partial charge in [0.05, 0.1) is 11.9 Å². The predicted molar refractivity (Wildman–Crippen MR) is 67.4 cm³/mol. The van der Waals surface area contributed by atoms with Crippen molar-refractivity contribution >= 4 is 17.4 Å². The first-order chi connectivity index (χ1) is 8.41. The van der Waals surface area contributed by atoms with Gasteiger partial charge in [0.1, 0.15) is 17.4 Å². The number of carbonyl (C=O) groups excluding carboxylic acids is 2. The van der Waals surface area contributed by atoms with Gasteiger partial charge in [0, 0.05) is 5.92 Å². The summed E-state index contributed by atoms with van der Waals surface area (Å²) in [5, 5.41) is 2.70. The number of Topliss-reactive ketones (excluding diaryl/α,β-unsaturated/α-hetero) is 1. The molecule has 0 saturated carbocycles. The molecule has 0 radical (unpaired) electrons. The fourth-order valence-corrected chi connectivity index (χ4v) is 2.04. The zero-order valence-electron chi connectivity index (χ0n) is 11.0. The van der Waals surface area contributed by atoms with Crippen LogP contribution in [0.4, 0.5) is 5.69 Å². The van der Waals surface area contributed by atoms with Gasteiger partial charge in [0.15, 0.2) is 5.78 Å². The lowest BCUT2D eigenvalue weighted by Crippen LogP contribution is -2.39. The Morgan fingerprint density at radius 2 is 1.89 bits per heavy atom. The maximum Gasteiger partial charge on any atom is 0.235 e. The molecule has 0 aliphatic carbocycles. The minimum Gasteiger partial charge on any atom is -0.322 e. The second-order valence-corrected chi connectivity index (χ2v) is 5.22. The first kappa shape index (κ1) is 12.7. The second kappa shape index (κ2) is 4.48. The number of nitrogens with zero attached hydrogens (tertiary/aromatic N) is 2. The maximum absolute atomic E-state index is 12.3. The average Bonchev–Trinajstić information content (AvgIpc) is 2.27. The quantitative estimate of drug-likeness (QED) is 0.811. The monoisotopic (exact) mass is 247 g/mol. The van der Waals surface area contributed by atoms with E-state index in [-0.39, 0.29) is 23.5 Å². The van der Waals surface area contributed by atoms with Gasteiger partial charge in [0.25, 0.3) is 0 Å². The average molecular weight is 247 g/mol. The van der Waals surface area contributed by atoms with Crippen molar-refractivity contribution in [3.05, 3.63) is 17.7 Å². The third kappa shape index (κ3) is 2.00. The Bertz CT molecular complexity index is 509. The van der Waals surface area contributed by atoms with E-state index >= 15 is 0 Å². The Labute approximate surface area is 106 Å². The van der Waals surface area contributed by atoms with E-state index < -0.39 is 5.92 Å². The highest BCUT2D eigenvalue weighted by molar-refractivity contribution is 6.19. The molecule has 1 aliphatic heterocycles. The minimum absolute atomic E-state index is 0.0388. The van der Waals surface area contributed by atoms with Gasteiger partial charge in [-0.25, -0.2) is 9.97 Å². The predicted octanol–water partition coefficient (Wildman–Crippen LogP) is 2.01. The number of aromatic nitrogens is 2. The van der Waals surface area contributed by atoms with E-state index in [1.54, 1.807) is 0 Å². The number of hydrogen-bond acceptors (Lipinski definition) is 4.